The predicted octanol–water partition coefficient (Wildman–Crippen LogP) is 6.40. The Bertz CT molecular complexity index is 1240. The summed E-state index contributed by atoms with van der Waals surface area (Å²) in [6.45, 7) is 10.5. The zero-order valence-corrected chi connectivity index (χ0v) is 19.6. The lowest BCUT2D eigenvalue weighted by molar-refractivity contribution is 0.0876. The first-order chi connectivity index (χ1) is 15.9. The number of ketones is 1. The molecule has 4 heteroatoms. The van der Waals surface area contributed by atoms with Crippen LogP contribution in [0.4, 0.5) is 0 Å². The molecule has 168 valence electrons. The lowest BCUT2D eigenvalue weighted by Gasteiger charge is -2.30. The Balaban J connectivity index is 1.39. The van der Waals surface area contributed by atoms with E-state index in [9.17, 15) is 4.79 Å². The second-order valence-corrected chi connectivity index (χ2v) is 9.37. The van der Waals surface area contributed by atoms with Gasteiger partial charge in [-0.2, -0.15) is 0 Å². The molecule has 2 aliphatic heterocycles. The number of aryl methyl sites for hydroxylation is 1. The summed E-state index contributed by atoms with van der Waals surface area (Å²) in [5.41, 5.74) is 7.28. The summed E-state index contributed by atoms with van der Waals surface area (Å²) in [5.74, 6) is 2.23. The van der Waals surface area contributed by atoms with Crippen LogP contribution in [0.5, 0.6) is 11.5 Å². The molecule has 0 radical (unpaired) electrons. The molecule has 4 nitrogen and oxygen atoms in total. The third-order valence-corrected chi connectivity index (χ3v) is 6.43. The molecule has 0 N–H and O–H groups in total. The Morgan fingerprint density at radius 3 is 2.42 bits per heavy atom. The van der Waals surface area contributed by atoms with Crippen LogP contribution in [0.1, 0.15) is 63.5 Å². The summed E-state index contributed by atoms with van der Waals surface area (Å²) in [5, 5.41) is 0. The Labute approximate surface area is 195 Å². The highest BCUT2D eigenvalue weighted by Gasteiger charge is 2.33. The van der Waals surface area contributed by atoms with Crippen LogP contribution >= 0.6 is 0 Å². The van der Waals surface area contributed by atoms with Gasteiger partial charge in [-0.05, 0) is 48.6 Å². The van der Waals surface area contributed by atoms with Crippen LogP contribution < -0.4 is 9.47 Å². The number of nitrogens with zero attached hydrogens (tertiary/aromatic N) is 1. The molecule has 0 spiro atoms. The zero-order chi connectivity index (χ0) is 23.1. The van der Waals surface area contributed by atoms with Crippen molar-refractivity contribution in [3.8, 4) is 11.5 Å². The molecule has 0 aliphatic carbocycles. The number of carbonyl (C=O) groups excluding carboxylic acids is 1. The summed E-state index contributed by atoms with van der Waals surface area (Å²) >= 11 is 0. The van der Waals surface area contributed by atoms with Gasteiger partial charge in [0, 0.05) is 24.2 Å². The molecule has 3 aromatic carbocycles. The van der Waals surface area contributed by atoms with E-state index in [4.69, 9.17) is 9.47 Å². The van der Waals surface area contributed by atoms with Gasteiger partial charge in [0.05, 0.1) is 5.56 Å². The van der Waals surface area contributed by atoms with Crippen molar-refractivity contribution in [1.82, 2.24) is 4.90 Å². The smallest absolute Gasteiger partial charge is 0.231 e. The second kappa shape index (κ2) is 8.53. The minimum Gasteiger partial charge on any atom is -0.477 e. The topological polar surface area (TPSA) is 38.8 Å². The van der Waals surface area contributed by atoms with E-state index in [0.29, 0.717) is 29.7 Å². The Morgan fingerprint density at radius 2 is 1.73 bits per heavy atom. The van der Waals surface area contributed by atoms with Crippen molar-refractivity contribution in [1.29, 1.82) is 0 Å². The van der Waals surface area contributed by atoms with E-state index in [-0.39, 0.29) is 5.78 Å². The molecule has 2 heterocycles. The van der Waals surface area contributed by atoms with E-state index in [1.165, 1.54) is 16.7 Å². The van der Waals surface area contributed by atoms with E-state index >= 15 is 0 Å². The van der Waals surface area contributed by atoms with Crippen molar-refractivity contribution < 1.29 is 14.3 Å². The standard InChI is InChI=1S/C29H29NO3/c1-18(2)23-11-9-21(10-12-23)13-26-27(31)25-14-24-16-30(15-22-7-5-19(3)6-8-22)17-32-28(24)20(4)29(25)33-26/h5-14,18H,15-17H2,1-4H3/b26-13-. The van der Waals surface area contributed by atoms with Gasteiger partial charge in [0.15, 0.2) is 5.76 Å². The highest BCUT2D eigenvalue weighted by atomic mass is 16.5. The average Bonchev–Trinajstić information content (AvgIpc) is 3.11. The van der Waals surface area contributed by atoms with Crippen LogP contribution in [0, 0.1) is 13.8 Å². The Hall–Kier alpha value is -3.37. The Kier molecular flexibility index (Phi) is 5.55. The molecule has 33 heavy (non-hydrogen) atoms. The Morgan fingerprint density at radius 1 is 1.00 bits per heavy atom. The van der Waals surface area contributed by atoms with Crippen LogP contribution in [-0.2, 0) is 13.1 Å². The molecule has 3 aromatic rings. The van der Waals surface area contributed by atoms with Gasteiger partial charge >= 0.3 is 0 Å². The molecule has 0 saturated heterocycles. The van der Waals surface area contributed by atoms with Gasteiger partial charge in [0.2, 0.25) is 5.78 Å². The zero-order valence-electron chi connectivity index (χ0n) is 19.6. The number of ether oxygens (including phenoxy) is 2. The largest absolute Gasteiger partial charge is 0.477 e. The number of Topliss-reactive ketones (excluding diaryl/α,β-unsaturated/α-hetero) is 1. The normalized spacial score (nSPS) is 16.5. The van der Waals surface area contributed by atoms with Gasteiger partial charge in [-0.25, -0.2) is 0 Å². The molecule has 0 unspecified atom stereocenters. The minimum absolute atomic E-state index is 0.0699. The maximum Gasteiger partial charge on any atom is 0.231 e. The van der Waals surface area contributed by atoms with Gasteiger partial charge < -0.3 is 9.47 Å². The molecule has 0 amide bonds. The van der Waals surface area contributed by atoms with Gasteiger partial charge in [-0.3, -0.25) is 9.69 Å². The lowest BCUT2D eigenvalue weighted by atomic mass is 9.99. The highest BCUT2D eigenvalue weighted by Crippen LogP contribution is 2.43. The first-order valence-electron chi connectivity index (χ1n) is 11.5. The van der Waals surface area contributed by atoms with Crippen molar-refractivity contribution in [2.45, 2.75) is 46.7 Å². The third kappa shape index (κ3) is 4.19. The summed E-state index contributed by atoms with van der Waals surface area (Å²) in [6, 6.07) is 18.8. The van der Waals surface area contributed by atoms with Crippen LogP contribution in [0.3, 0.4) is 0 Å². The average molecular weight is 440 g/mol. The maximum atomic E-state index is 13.2. The van der Waals surface area contributed by atoms with Crippen LogP contribution in [0.25, 0.3) is 6.08 Å². The summed E-state index contributed by atoms with van der Waals surface area (Å²) < 4.78 is 12.2. The number of hydrogen-bond acceptors (Lipinski definition) is 4. The molecular formula is C29H29NO3. The molecular weight excluding hydrogens is 410 g/mol. The fraction of sp³-hybridized carbons (Fsp3) is 0.276. The number of benzene rings is 3. The van der Waals surface area contributed by atoms with Gasteiger partial charge in [0.25, 0.3) is 0 Å². The number of allylic oxidation sites excluding steroid dienone is 1. The molecule has 0 bridgehead atoms. The predicted molar refractivity (Wildman–Crippen MR) is 131 cm³/mol. The van der Waals surface area contributed by atoms with Gasteiger partial charge in [0.1, 0.15) is 18.2 Å². The van der Waals surface area contributed by atoms with E-state index in [1.807, 2.05) is 31.2 Å². The van der Waals surface area contributed by atoms with Crippen LogP contribution in [-0.4, -0.2) is 17.4 Å². The molecule has 5 rings (SSSR count). The van der Waals surface area contributed by atoms with Crippen LogP contribution in [0.15, 0.2) is 60.4 Å². The summed E-state index contributed by atoms with van der Waals surface area (Å²) in [7, 11) is 0. The molecule has 0 atom stereocenters. The quantitative estimate of drug-likeness (QED) is 0.441. The first kappa shape index (κ1) is 21.5. The monoisotopic (exact) mass is 439 g/mol. The highest BCUT2D eigenvalue weighted by molar-refractivity contribution is 6.15. The van der Waals surface area contributed by atoms with E-state index in [0.717, 1.165) is 35.5 Å². The van der Waals surface area contributed by atoms with Crippen molar-refractivity contribution in [2.75, 3.05) is 6.73 Å². The summed E-state index contributed by atoms with van der Waals surface area (Å²) in [4.78, 5) is 15.4. The van der Waals surface area contributed by atoms with E-state index < -0.39 is 0 Å². The van der Waals surface area contributed by atoms with Gasteiger partial charge in [-0.15, -0.1) is 0 Å². The van der Waals surface area contributed by atoms with E-state index in [1.54, 1.807) is 0 Å². The summed E-state index contributed by atoms with van der Waals surface area (Å²) in [6.07, 6.45) is 1.83. The first-order valence-corrected chi connectivity index (χ1v) is 11.5. The third-order valence-electron chi connectivity index (χ3n) is 6.43. The molecule has 0 fully saturated rings. The SMILES string of the molecule is Cc1ccc(CN2COc3c(cc4c(c3C)O/C(=C\c3ccc(C(C)C)cc3)C4=O)C2)cc1. The number of carbonyl (C=O) groups is 1. The number of hydrogen-bond donors (Lipinski definition) is 0. The van der Waals surface area contributed by atoms with Crippen molar-refractivity contribution in [3.05, 3.63) is 99.3 Å². The van der Waals surface area contributed by atoms with Crippen molar-refractivity contribution in [3.63, 3.8) is 0 Å². The fourth-order valence-electron chi connectivity index (χ4n) is 4.48. The van der Waals surface area contributed by atoms with E-state index in [2.05, 4.69) is 62.1 Å². The number of fused-ring (bicyclic) bond motifs is 2. The fourth-order valence-corrected chi connectivity index (χ4v) is 4.48. The van der Waals surface area contributed by atoms with Crippen molar-refractivity contribution >= 4 is 11.9 Å². The number of rotatable bonds is 4. The van der Waals surface area contributed by atoms with Gasteiger partial charge in [-0.1, -0.05) is 67.9 Å². The molecule has 2 aliphatic rings. The lowest BCUT2D eigenvalue weighted by Crippen LogP contribution is -2.32. The second-order valence-electron chi connectivity index (χ2n) is 9.37. The maximum absolute atomic E-state index is 13.2. The van der Waals surface area contributed by atoms with Crippen LogP contribution in [0.2, 0.25) is 0 Å². The van der Waals surface area contributed by atoms with Crippen molar-refractivity contribution in [2.24, 2.45) is 0 Å². The molecule has 0 saturated carbocycles. The molecule has 0 aromatic heterocycles. The minimum atomic E-state index is -0.0699.